The fourth-order valence-electron chi connectivity index (χ4n) is 0.857. The number of nitrogens with zero attached hydrogens (tertiary/aromatic N) is 2. The van der Waals surface area contributed by atoms with Gasteiger partial charge in [-0.15, -0.1) is 0 Å². The van der Waals surface area contributed by atoms with Crippen molar-refractivity contribution < 1.29 is 0 Å². The molecule has 0 aliphatic rings. The Bertz CT molecular complexity index is 348. The molecule has 60 valence electrons. The van der Waals surface area contributed by atoms with Crippen LogP contribution in [0.5, 0.6) is 0 Å². The minimum absolute atomic E-state index is 0.182. The zero-order chi connectivity index (χ0) is 8.97. The van der Waals surface area contributed by atoms with Crippen molar-refractivity contribution in [3.8, 4) is 0 Å². The molecule has 0 aliphatic heterocycles. The van der Waals surface area contributed by atoms with E-state index in [2.05, 4.69) is 9.95 Å². The van der Waals surface area contributed by atoms with Gasteiger partial charge in [-0.1, -0.05) is 24.3 Å². The van der Waals surface area contributed by atoms with Crippen LogP contribution in [-0.2, 0) is 0 Å². The van der Waals surface area contributed by atoms with Crippen LogP contribution in [0.25, 0.3) is 4.85 Å². The molecule has 0 heterocycles. The van der Waals surface area contributed by atoms with E-state index in [-0.39, 0.29) is 5.84 Å². The second-order valence-electron chi connectivity index (χ2n) is 2.14. The third-order valence-electron chi connectivity index (χ3n) is 1.44. The number of rotatable bonds is 1. The normalized spacial score (nSPS) is 10.8. The molecule has 0 aromatic heterocycles. The Morgan fingerprint density at radius 3 is 2.67 bits per heavy atom. The second kappa shape index (κ2) is 3.39. The maximum atomic E-state index is 6.83. The quantitative estimate of drug-likeness (QED) is 0.210. The summed E-state index contributed by atoms with van der Waals surface area (Å²) in [4.78, 5) is 3.27. The standard InChI is InChI=1S/C8H8N4/c1-11-7-5-3-2-4-6(7)8(9)12-10/h2-5H,10H2,(H2,9,12). The molecule has 0 saturated carbocycles. The first-order valence-electron chi connectivity index (χ1n) is 3.30. The van der Waals surface area contributed by atoms with E-state index in [0.29, 0.717) is 11.3 Å². The Morgan fingerprint density at radius 1 is 1.42 bits per heavy atom. The van der Waals surface area contributed by atoms with Gasteiger partial charge in [-0.3, -0.25) is 0 Å². The van der Waals surface area contributed by atoms with E-state index in [9.17, 15) is 0 Å². The first-order chi connectivity index (χ1) is 5.79. The summed E-state index contributed by atoms with van der Waals surface area (Å²) in [6.07, 6.45) is 0. The van der Waals surface area contributed by atoms with Crippen molar-refractivity contribution >= 4 is 11.5 Å². The fourth-order valence-corrected chi connectivity index (χ4v) is 0.857. The van der Waals surface area contributed by atoms with Gasteiger partial charge in [0.1, 0.15) is 5.84 Å². The molecule has 0 atom stereocenters. The molecule has 0 bridgehead atoms. The predicted molar refractivity (Wildman–Crippen MR) is 47.6 cm³/mol. The van der Waals surface area contributed by atoms with Gasteiger partial charge < -0.3 is 11.6 Å². The monoisotopic (exact) mass is 160 g/mol. The fraction of sp³-hybridized carbons (Fsp3) is 0. The minimum atomic E-state index is 0.182. The van der Waals surface area contributed by atoms with Crippen molar-refractivity contribution in [2.75, 3.05) is 0 Å². The molecule has 1 aromatic carbocycles. The maximum absolute atomic E-state index is 6.83. The number of nitrogens with two attached hydrogens (primary N) is 2. The number of amidine groups is 1. The van der Waals surface area contributed by atoms with Crippen LogP contribution in [0.4, 0.5) is 5.69 Å². The predicted octanol–water partition coefficient (Wildman–Crippen LogP) is 0.816. The summed E-state index contributed by atoms with van der Waals surface area (Å²) in [5, 5.41) is 3.32. The molecule has 0 fully saturated rings. The molecule has 4 heteroatoms. The van der Waals surface area contributed by atoms with Gasteiger partial charge in [-0.2, -0.15) is 5.10 Å². The lowest BCUT2D eigenvalue weighted by Crippen LogP contribution is -2.15. The molecule has 1 rings (SSSR count). The lowest BCUT2D eigenvalue weighted by atomic mass is 10.2. The van der Waals surface area contributed by atoms with Crippen LogP contribution in [0, 0.1) is 6.57 Å². The zero-order valence-electron chi connectivity index (χ0n) is 6.36. The van der Waals surface area contributed by atoms with Gasteiger partial charge >= 0.3 is 0 Å². The van der Waals surface area contributed by atoms with Crippen molar-refractivity contribution in [2.24, 2.45) is 16.7 Å². The molecule has 0 amide bonds. The van der Waals surface area contributed by atoms with Gasteiger partial charge in [-0.25, -0.2) is 4.85 Å². The molecule has 0 aliphatic carbocycles. The van der Waals surface area contributed by atoms with Gasteiger partial charge in [0, 0.05) is 5.56 Å². The van der Waals surface area contributed by atoms with Gasteiger partial charge in [-0.05, 0) is 0 Å². The Labute approximate surface area is 70.3 Å². The largest absolute Gasteiger partial charge is 0.383 e. The van der Waals surface area contributed by atoms with E-state index in [1.807, 2.05) is 0 Å². The van der Waals surface area contributed by atoms with Crippen molar-refractivity contribution in [1.29, 1.82) is 0 Å². The third-order valence-corrected chi connectivity index (χ3v) is 1.44. The lowest BCUT2D eigenvalue weighted by molar-refractivity contribution is 1.23. The summed E-state index contributed by atoms with van der Waals surface area (Å²) in [5.74, 6) is 5.17. The maximum Gasteiger partial charge on any atom is 0.198 e. The smallest absolute Gasteiger partial charge is 0.198 e. The zero-order valence-corrected chi connectivity index (χ0v) is 6.36. The van der Waals surface area contributed by atoms with Crippen molar-refractivity contribution in [2.45, 2.75) is 0 Å². The van der Waals surface area contributed by atoms with Crippen molar-refractivity contribution in [1.82, 2.24) is 0 Å². The van der Waals surface area contributed by atoms with E-state index in [4.69, 9.17) is 18.1 Å². The first kappa shape index (κ1) is 8.08. The lowest BCUT2D eigenvalue weighted by Gasteiger charge is -1.99. The molecule has 1 aromatic rings. The molecular weight excluding hydrogens is 152 g/mol. The molecule has 12 heavy (non-hydrogen) atoms. The summed E-state index contributed by atoms with van der Waals surface area (Å²) in [6.45, 7) is 6.83. The van der Waals surface area contributed by atoms with E-state index in [1.54, 1.807) is 24.3 Å². The van der Waals surface area contributed by atoms with Crippen molar-refractivity contribution in [3.05, 3.63) is 41.2 Å². The summed E-state index contributed by atoms with van der Waals surface area (Å²) in [7, 11) is 0. The number of hydrazone groups is 1. The number of benzene rings is 1. The Kier molecular flexibility index (Phi) is 2.29. The number of hydrogen-bond donors (Lipinski definition) is 2. The number of hydrogen-bond acceptors (Lipinski definition) is 2. The average molecular weight is 160 g/mol. The van der Waals surface area contributed by atoms with Crippen LogP contribution in [0.15, 0.2) is 29.4 Å². The highest BCUT2D eigenvalue weighted by atomic mass is 15.2. The van der Waals surface area contributed by atoms with Gasteiger partial charge in [0.05, 0.1) is 6.57 Å². The van der Waals surface area contributed by atoms with Crippen LogP contribution in [0.3, 0.4) is 0 Å². The summed E-state index contributed by atoms with van der Waals surface area (Å²) in [5.41, 5.74) is 6.49. The Hall–Kier alpha value is -2.02. The highest BCUT2D eigenvalue weighted by molar-refractivity contribution is 6.02. The van der Waals surface area contributed by atoms with Gasteiger partial charge in [0.25, 0.3) is 0 Å². The summed E-state index contributed by atoms with van der Waals surface area (Å²) < 4.78 is 0. The van der Waals surface area contributed by atoms with Gasteiger partial charge in [0.15, 0.2) is 5.69 Å². The first-order valence-corrected chi connectivity index (χ1v) is 3.30. The summed E-state index contributed by atoms with van der Waals surface area (Å²) >= 11 is 0. The van der Waals surface area contributed by atoms with Crippen LogP contribution in [-0.4, -0.2) is 5.84 Å². The van der Waals surface area contributed by atoms with E-state index >= 15 is 0 Å². The van der Waals surface area contributed by atoms with Crippen LogP contribution in [0.2, 0.25) is 0 Å². The van der Waals surface area contributed by atoms with Crippen LogP contribution < -0.4 is 11.6 Å². The SMILES string of the molecule is [C-]#[N+]c1ccccc1C(N)=NN. The Morgan fingerprint density at radius 2 is 2.08 bits per heavy atom. The molecule has 0 unspecified atom stereocenters. The van der Waals surface area contributed by atoms with Crippen LogP contribution in [0.1, 0.15) is 5.56 Å². The van der Waals surface area contributed by atoms with E-state index in [0.717, 1.165) is 0 Å². The third kappa shape index (κ3) is 1.35. The Balaban J connectivity index is 3.25. The molecule has 4 N–H and O–H groups in total. The van der Waals surface area contributed by atoms with Crippen LogP contribution >= 0.6 is 0 Å². The average Bonchev–Trinajstić information content (AvgIpc) is 2.16. The highest BCUT2D eigenvalue weighted by Crippen LogP contribution is 2.17. The minimum Gasteiger partial charge on any atom is -0.383 e. The highest BCUT2D eigenvalue weighted by Gasteiger charge is 2.03. The van der Waals surface area contributed by atoms with E-state index in [1.165, 1.54) is 0 Å². The molecule has 0 radical (unpaired) electrons. The molecular formula is C8H8N4. The van der Waals surface area contributed by atoms with Crippen molar-refractivity contribution in [3.63, 3.8) is 0 Å². The topological polar surface area (TPSA) is 68.8 Å². The summed E-state index contributed by atoms with van der Waals surface area (Å²) in [6, 6.07) is 6.92. The molecule has 4 nitrogen and oxygen atoms in total. The van der Waals surface area contributed by atoms with Gasteiger partial charge in [0.2, 0.25) is 0 Å². The second-order valence-corrected chi connectivity index (χ2v) is 2.14. The molecule has 0 saturated heterocycles. The molecule has 0 spiro atoms. The van der Waals surface area contributed by atoms with E-state index < -0.39 is 0 Å². The number of para-hydroxylation sites is 1.